The van der Waals surface area contributed by atoms with Gasteiger partial charge >= 0.3 is 6.18 Å². The van der Waals surface area contributed by atoms with Crippen molar-refractivity contribution in [3.8, 4) is 5.75 Å². The fourth-order valence-electron chi connectivity index (χ4n) is 2.95. The molecule has 0 aliphatic carbocycles. The number of imidazole rings is 1. The van der Waals surface area contributed by atoms with Gasteiger partial charge in [0.25, 0.3) is 0 Å². The topological polar surface area (TPSA) is 125 Å². The maximum Gasteiger partial charge on any atom is 0.398 e. The van der Waals surface area contributed by atoms with Crippen molar-refractivity contribution in [1.82, 2.24) is 19.5 Å². The first kappa shape index (κ1) is 26.3. The number of unbranched alkanes of at least 4 members (excludes halogenated alkanes) is 1. The normalized spacial score (nSPS) is 13.8. The van der Waals surface area contributed by atoms with Gasteiger partial charge in [0.15, 0.2) is 5.65 Å². The van der Waals surface area contributed by atoms with Crippen molar-refractivity contribution in [3.63, 3.8) is 0 Å². The zero-order valence-corrected chi connectivity index (χ0v) is 20.1. The van der Waals surface area contributed by atoms with Gasteiger partial charge in [-0.15, -0.1) is 0 Å². The molecule has 14 heteroatoms. The summed E-state index contributed by atoms with van der Waals surface area (Å²) in [6.45, 7) is 2.69. The van der Waals surface area contributed by atoms with E-state index in [1.807, 2.05) is 24.3 Å². The highest BCUT2D eigenvalue weighted by Crippen LogP contribution is 2.45. The first-order valence-electron chi connectivity index (χ1n) is 10.4. The minimum absolute atomic E-state index is 0.0205. The van der Waals surface area contributed by atoms with Crippen LogP contribution in [0.2, 0.25) is 0 Å². The highest BCUT2D eigenvalue weighted by Gasteiger charge is 2.38. The summed E-state index contributed by atoms with van der Waals surface area (Å²) < 4.78 is 61.2. The minimum Gasteiger partial charge on any atom is -0.492 e. The van der Waals surface area contributed by atoms with Crippen LogP contribution in [-0.2, 0) is 15.8 Å². The lowest BCUT2D eigenvalue weighted by molar-refractivity contribution is -0.108. The molecule has 0 fully saturated rings. The molecule has 34 heavy (non-hydrogen) atoms. The molecular formula is C20H25F3N5O4PS. The van der Waals surface area contributed by atoms with Crippen LogP contribution in [0.3, 0.4) is 0 Å². The molecule has 186 valence electrons. The number of rotatable bonds is 12. The second-order valence-corrected chi connectivity index (χ2v) is 10.7. The Morgan fingerprint density at radius 2 is 2.00 bits per heavy atom. The molecule has 0 bridgehead atoms. The van der Waals surface area contributed by atoms with Crippen molar-refractivity contribution < 1.29 is 32.1 Å². The standard InChI is InChI=1S/C20H25F3N5O4PS/c1-2-3-9-32-14-6-4-5-7-15(14)34-18-16-17(26-19(24)27-18)28(12-25-16)8-10-31-13-33(29,30)11-20(21,22)23/h4-7,12H,2-3,8-11,13H2,1H3,(H,29,30)(H2,24,26,27). The van der Waals surface area contributed by atoms with Crippen molar-refractivity contribution in [2.45, 2.75) is 42.4 Å². The van der Waals surface area contributed by atoms with Crippen LogP contribution in [0.15, 0.2) is 40.5 Å². The highest BCUT2D eigenvalue weighted by atomic mass is 32.2. The van der Waals surface area contributed by atoms with Gasteiger partial charge in [0.2, 0.25) is 13.3 Å². The maximum atomic E-state index is 12.4. The summed E-state index contributed by atoms with van der Waals surface area (Å²) in [5, 5.41) is 0.513. The van der Waals surface area contributed by atoms with Gasteiger partial charge in [-0.3, -0.25) is 4.57 Å². The third-order valence-corrected chi connectivity index (χ3v) is 6.93. The lowest BCUT2D eigenvalue weighted by Crippen LogP contribution is -2.17. The van der Waals surface area contributed by atoms with E-state index in [9.17, 15) is 22.6 Å². The molecule has 1 atom stereocenters. The number of hydrogen-bond acceptors (Lipinski definition) is 8. The van der Waals surface area contributed by atoms with Crippen molar-refractivity contribution in [2.24, 2.45) is 0 Å². The number of anilines is 1. The Labute approximate surface area is 198 Å². The van der Waals surface area contributed by atoms with Crippen molar-refractivity contribution in [2.75, 3.05) is 31.5 Å². The van der Waals surface area contributed by atoms with Crippen molar-refractivity contribution in [3.05, 3.63) is 30.6 Å². The molecule has 0 saturated carbocycles. The molecule has 2 aromatic heterocycles. The van der Waals surface area contributed by atoms with E-state index in [-0.39, 0.29) is 19.1 Å². The van der Waals surface area contributed by atoms with Crippen LogP contribution in [0, 0.1) is 0 Å². The summed E-state index contributed by atoms with van der Waals surface area (Å²) in [6, 6.07) is 7.53. The van der Waals surface area contributed by atoms with E-state index in [4.69, 9.17) is 15.2 Å². The average Bonchev–Trinajstić information content (AvgIpc) is 3.14. The molecule has 0 spiro atoms. The Balaban J connectivity index is 1.71. The van der Waals surface area contributed by atoms with Gasteiger partial charge < -0.3 is 24.7 Å². The summed E-state index contributed by atoms with van der Waals surface area (Å²) in [5.74, 6) is 0.735. The maximum absolute atomic E-state index is 12.4. The second-order valence-electron chi connectivity index (χ2n) is 7.40. The third kappa shape index (κ3) is 7.59. The molecule has 1 unspecified atom stereocenters. The summed E-state index contributed by atoms with van der Waals surface area (Å²) >= 11 is 1.33. The number of halogens is 3. The van der Waals surface area contributed by atoms with E-state index in [1.165, 1.54) is 18.1 Å². The van der Waals surface area contributed by atoms with Gasteiger partial charge in [-0.25, -0.2) is 9.97 Å². The lowest BCUT2D eigenvalue weighted by atomic mass is 10.3. The van der Waals surface area contributed by atoms with Gasteiger partial charge in [-0.1, -0.05) is 37.2 Å². The van der Waals surface area contributed by atoms with E-state index in [0.29, 0.717) is 28.5 Å². The second kappa shape index (κ2) is 11.4. The van der Waals surface area contributed by atoms with E-state index < -0.39 is 26.1 Å². The van der Waals surface area contributed by atoms with Crippen LogP contribution >= 0.6 is 19.1 Å². The number of ether oxygens (including phenoxy) is 2. The largest absolute Gasteiger partial charge is 0.492 e. The number of alkyl halides is 3. The summed E-state index contributed by atoms with van der Waals surface area (Å²) in [7, 11) is -4.47. The van der Waals surface area contributed by atoms with Gasteiger partial charge in [-0.2, -0.15) is 18.2 Å². The molecule has 3 aromatic rings. The fourth-order valence-corrected chi connectivity index (χ4v) is 4.98. The van der Waals surface area contributed by atoms with Crippen LogP contribution in [-0.4, -0.2) is 56.3 Å². The summed E-state index contributed by atoms with van der Waals surface area (Å²) in [6.07, 6.45) is -4.01. The lowest BCUT2D eigenvalue weighted by Gasteiger charge is -2.14. The third-order valence-electron chi connectivity index (χ3n) is 4.46. The van der Waals surface area contributed by atoms with Gasteiger partial charge in [0, 0.05) is 6.54 Å². The predicted molar refractivity (Wildman–Crippen MR) is 122 cm³/mol. The molecule has 0 aliphatic rings. The number of para-hydroxylation sites is 1. The van der Waals surface area contributed by atoms with Crippen LogP contribution in [0.5, 0.6) is 5.75 Å². The molecule has 3 N–H and O–H groups in total. The molecule has 3 rings (SSSR count). The Bertz CT molecular complexity index is 1160. The van der Waals surface area contributed by atoms with E-state index in [2.05, 4.69) is 21.9 Å². The van der Waals surface area contributed by atoms with Crippen LogP contribution in [0.4, 0.5) is 19.1 Å². The SMILES string of the molecule is CCCCOc1ccccc1Sc1nc(N)nc2c1ncn2CCOCP(=O)(O)CC(F)(F)F. The molecule has 0 radical (unpaired) electrons. The smallest absolute Gasteiger partial charge is 0.398 e. The molecule has 0 amide bonds. The summed E-state index contributed by atoms with van der Waals surface area (Å²) in [5.41, 5.74) is 6.78. The Kier molecular flexibility index (Phi) is 8.80. The van der Waals surface area contributed by atoms with Crippen LogP contribution in [0.25, 0.3) is 11.2 Å². The molecule has 0 saturated heterocycles. The number of benzene rings is 1. The number of fused-ring (bicyclic) bond motifs is 1. The number of hydrogen-bond donors (Lipinski definition) is 2. The van der Waals surface area contributed by atoms with E-state index >= 15 is 0 Å². The molecule has 0 aliphatic heterocycles. The van der Waals surface area contributed by atoms with Crippen LogP contribution < -0.4 is 10.5 Å². The monoisotopic (exact) mass is 519 g/mol. The quantitative estimate of drug-likeness (QED) is 0.201. The molecule has 9 nitrogen and oxygen atoms in total. The molecular weight excluding hydrogens is 494 g/mol. The minimum atomic E-state index is -4.74. The first-order chi connectivity index (χ1) is 16.1. The van der Waals surface area contributed by atoms with E-state index in [0.717, 1.165) is 17.7 Å². The number of nitrogens with two attached hydrogens (primary N) is 1. The predicted octanol–water partition coefficient (Wildman–Crippen LogP) is 4.55. The van der Waals surface area contributed by atoms with E-state index in [1.54, 1.807) is 4.57 Å². The van der Waals surface area contributed by atoms with Gasteiger partial charge in [-0.05, 0) is 18.6 Å². The summed E-state index contributed by atoms with van der Waals surface area (Å²) in [4.78, 5) is 23.1. The average molecular weight is 519 g/mol. The van der Waals surface area contributed by atoms with Crippen molar-refractivity contribution >= 4 is 36.2 Å². The fraction of sp³-hybridized carbons (Fsp3) is 0.450. The first-order valence-corrected chi connectivity index (χ1v) is 13.3. The molecule has 2 heterocycles. The van der Waals surface area contributed by atoms with Crippen LogP contribution in [0.1, 0.15) is 19.8 Å². The van der Waals surface area contributed by atoms with Crippen molar-refractivity contribution in [1.29, 1.82) is 0 Å². The number of nitrogen functional groups attached to an aromatic ring is 1. The zero-order chi connectivity index (χ0) is 24.8. The highest BCUT2D eigenvalue weighted by molar-refractivity contribution is 7.99. The zero-order valence-electron chi connectivity index (χ0n) is 18.4. The Hall–Kier alpha value is -2.34. The number of nitrogens with zero attached hydrogens (tertiary/aromatic N) is 4. The molecule has 1 aromatic carbocycles. The Morgan fingerprint density at radius 1 is 1.24 bits per heavy atom. The number of aromatic nitrogens is 4. The Morgan fingerprint density at radius 3 is 2.74 bits per heavy atom. The van der Waals surface area contributed by atoms with Gasteiger partial charge in [0.1, 0.15) is 28.8 Å². The van der Waals surface area contributed by atoms with Gasteiger partial charge in [0.05, 0.1) is 24.4 Å².